The SMILES string of the molecule is O=P(OC[C@H]1C2c3ccccc3C(c3ccccc32)[C@@H]1COP(=O)(c1ccccc1)c1ccccc1)(c1ccccc1)c1ccccc1. The molecule has 6 aromatic carbocycles. The van der Waals surface area contributed by atoms with Crippen molar-refractivity contribution >= 4 is 36.0 Å². The monoisotopic (exact) mass is 666 g/mol. The van der Waals surface area contributed by atoms with Gasteiger partial charge in [0.2, 0.25) is 0 Å². The molecular formula is C42H36O4P2. The van der Waals surface area contributed by atoms with Crippen molar-refractivity contribution in [2.24, 2.45) is 11.8 Å². The van der Waals surface area contributed by atoms with E-state index in [1.54, 1.807) is 0 Å². The van der Waals surface area contributed by atoms with Gasteiger partial charge in [0, 0.05) is 33.1 Å². The van der Waals surface area contributed by atoms with Crippen LogP contribution in [-0.2, 0) is 18.2 Å². The van der Waals surface area contributed by atoms with E-state index >= 15 is 9.13 Å². The largest absolute Gasteiger partial charge is 0.322 e. The average Bonchev–Trinajstić information content (AvgIpc) is 3.17. The zero-order valence-electron chi connectivity index (χ0n) is 26.4. The fourth-order valence-electron chi connectivity index (χ4n) is 7.82. The van der Waals surface area contributed by atoms with Crippen molar-refractivity contribution in [2.75, 3.05) is 13.2 Å². The van der Waals surface area contributed by atoms with Crippen LogP contribution in [0.1, 0.15) is 34.1 Å². The molecule has 0 heterocycles. The normalized spacial score (nSPS) is 19.8. The summed E-state index contributed by atoms with van der Waals surface area (Å²) in [4.78, 5) is 0. The lowest BCUT2D eigenvalue weighted by atomic mass is 9.54. The predicted octanol–water partition coefficient (Wildman–Crippen LogP) is 8.40. The van der Waals surface area contributed by atoms with Crippen molar-refractivity contribution in [3.63, 3.8) is 0 Å². The molecular weight excluding hydrogens is 630 g/mol. The summed E-state index contributed by atoms with van der Waals surface area (Å²) in [6, 6.07) is 55.4. The first-order chi connectivity index (χ1) is 23.6. The zero-order valence-corrected chi connectivity index (χ0v) is 28.2. The highest BCUT2D eigenvalue weighted by molar-refractivity contribution is 7.74. The molecule has 2 atom stereocenters. The summed E-state index contributed by atoms with van der Waals surface area (Å²) in [7, 11) is -6.90. The molecule has 2 bridgehead atoms. The van der Waals surface area contributed by atoms with E-state index in [4.69, 9.17) is 9.05 Å². The smallest absolute Gasteiger partial charge is 0.261 e. The van der Waals surface area contributed by atoms with Gasteiger partial charge in [-0.3, -0.25) is 9.13 Å². The van der Waals surface area contributed by atoms with Crippen LogP contribution in [0, 0.1) is 11.8 Å². The van der Waals surface area contributed by atoms with E-state index in [0.29, 0.717) is 21.2 Å². The lowest BCUT2D eigenvalue weighted by Crippen LogP contribution is -2.44. The second kappa shape index (κ2) is 13.0. The fraction of sp³-hybridized carbons (Fsp3) is 0.143. The van der Waals surface area contributed by atoms with Crippen molar-refractivity contribution in [1.82, 2.24) is 0 Å². The van der Waals surface area contributed by atoms with Crippen molar-refractivity contribution in [3.8, 4) is 0 Å². The molecule has 0 aliphatic heterocycles. The van der Waals surface area contributed by atoms with Gasteiger partial charge >= 0.3 is 0 Å². The maximum Gasteiger partial charge on any atom is 0.261 e. The molecule has 0 saturated heterocycles. The summed E-state index contributed by atoms with van der Waals surface area (Å²) in [5.41, 5.74) is 5.09. The van der Waals surface area contributed by atoms with Gasteiger partial charge in [0.25, 0.3) is 14.7 Å². The summed E-state index contributed by atoms with van der Waals surface area (Å²) < 4.78 is 43.7. The van der Waals surface area contributed by atoms with E-state index in [-0.39, 0.29) is 36.9 Å². The lowest BCUT2D eigenvalue weighted by molar-refractivity contribution is 0.104. The van der Waals surface area contributed by atoms with Gasteiger partial charge < -0.3 is 9.05 Å². The average molecular weight is 667 g/mol. The minimum absolute atomic E-state index is 0.00355. The number of fused-ring (bicyclic) bond motifs is 1. The van der Waals surface area contributed by atoms with E-state index in [9.17, 15) is 0 Å². The van der Waals surface area contributed by atoms with Gasteiger partial charge in [0.1, 0.15) is 0 Å². The Morgan fingerprint density at radius 2 is 0.583 bits per heavy atom. The Labute approximate surface area is 282 Å². The molecule has 6 heteroatoms. The van der Waals surface area contributed by atoms with Crippen LogP contribution >= 0.6 is 14.7 Å². The molecule has 3 aliphatic carbocycles. The molecule has 0 amide bonds. The van der Waals surface area contributed by atoms with Crippen LogP contribution in [0.15, 0.2) is 170 Å². The summed E-state index contributed by atoms with van der Waals surface area (Å²) in [5.74, 6) is -0.159. The van der Waals surface area contributed by atoms with Gasteiger partial charge in [0.15, 0.2) is 0 Å². The molecule has 0 aromatic heterocycles. The summed E-state index contributed by atoms with van der Waals surface area (Å²) in [6.45, 7) is 0.500. The maximum absolute atomic E-state index is 15.1. The van der Waals surface area contributed by atoms with E-state index < -0.39 is 14.7 Å². The summed E-state index contributed by atoms with van der Waals surface area (Å²) in [6.07, 6.45) is 0. The van der Waals surface area contributed by atoms with Gasteiger partial charge in [-0.1, -0.05) is 121 Å². The number of hydrogen-bond acceptors (Lipinski definition) is 4. The van der Waals surface area contributed by atoms with Crippen LogP contribution in [0.25, 0.3) is 0 Å². The number of benzene rings is 6. The Bertz CT molecular complexity index is 1830. The highest BCUT2D eigenvalue weighted by Gasteiger charge is 2.51. The minimum atomic E-state index is -3.45. The van der Waals surface area contributed by atoms with Crippen LogP contribution < -0.4 is 21.2 Å². The molecule has 9 rings (SSSR count). The van der Waals surface area contributed by atoms with E-state index in [0.717, 1.165) is 0 Å². The third kappa shape index (κ3) is 5.34. The molecule has 0 spiro atoms. The van der Waals surface area contributed by atoms with Crippen LogP contribution in [-0.4, -0.2) is 13.2 Å². The van der Waals surface area contributed by atoms with Gasteiger partial charge in [-0.15, -0.1) is 0 Å². The third-order valence-corrected chi connectivity index (χ3v) is 15.0. The molecule has 238 valence electrons. The first-order valence-corrected chi connectivity index (χ1v) is 19.7. The van der Waals surface area contributed by atoms with Crippen LogP contribution in [0.3, 0.4) is 0 Å². The van der Waals surface area contributed by atoms with Gasteiger partial charge in [-0.25, -0.2) is 0 Å². The quantitative estimate of drug-likeness (QED) is 0.138. The van der Waals surface area contributed by atoms with Crippen molar-refractivity contribution in [3.05, 3.63) is 192 Å². The van der Waals surface area contributed by atoms with Crippen LogP contribution in [0.5, 0.6) is 0 Å². The number of hydrogen-bond donors (Lipinski definition) is 0. The molecule has 4 nitrogen and oxygen atoms in total. The number of rotatable bonds is 10. The Kier molecular flexibility index (Phi) is 8.37. The van der Waals surface area contributed by atoms with E-state index in [2.05, 4.69) is 48.5 Å². The second-order valence-electron chi connectivity index (χ2n) is 12.6. The van der Waals surface area contributed by atoms with E-state index in [1.807, 2.05) is 121 Å². The predicted molar refractivity (Wildman–Crippen MR) is 195 cm³/mol. The van der Waals surface area contributed by atoms with Gasteiger partial charge in [0.05, 0.1) is 13.2 Å². The highest BCUT2D eigenvalue weighted by Crippen LogP contribution is 2.60. The fourth-order valence-corrected chi connectivity index (χ4v) is 12.0. The third-order valence-electron chi connectivity index (χ3n) is 10.0. The zero-order chi connectivity index (χ0) is 32.6. The van der Waals surface area contributed by atoms with Gasteiger partial charge in [-0.2, -0.15) is 0 Å². The molecule has 48 heavy (non-hydrogen) atoms. The molecule has 0 unspecified atom stereocenters. The first kappa shape index (κ1) is 31.0. The van der Waals surface area contributed by atoms with Crippen LogP contribution in [0.2, 0.25) is 0 Å². The van der Waals surface area contributed by atoms with Crippen LogP contribution in [0.4, 0.5) is 0 Å². The topological polar surface area (TPSA) is 52.6 Å². The standard InChI is InChI=1S/C42H36O4P2/c43-47(31-17-5-1-6-18-31,32-19-7-2-8-20-32)45-29-39-40(30-46-48(44,33-21-9-3-10-22-33)34-23-11-4-12-24-34)42-37-27-15-13-25-35(37)41(39)36-26-14-16-28-38(36)42/h1-28,39-42H,29-30H2/t39-,40-,41?,42?/m1/s1. The first-order valence-electron chi connectivity index (χ1n) is 16.5. The molecule has 3 aliphatic rings. The van der Waals surface area contributed by atoms with Gasteiger partial charge in [-0.05, 0) is 82.6 Å². The maximum atomic E-state index is 15.1. The molecule has 6 aromatic rings. The minimum Gasteiger partial charge on any atom is -0.322 e. The van der Waals surface area contributed by atoms with E-state index in [1.165, 1.54) is 22.3 Å². The molecule has 0 saturated carbocycles. The summed E-state index contributed by atoms with van der Waals surface area (Å²) in [5, 5.41) is 2.68. The lowest BCUT2D eigenvalue weighted by Gasteiger charge is -2.51. The van der Waals surface area contributed by atoms with Crippen molar-refractivity contribution in [1.29, 1.82) is 0 Å². The molecule has 0 radical (unpaired) electrons. The highest BCUT2D eigenvalue weighted by atomic mass is 31.2. The van der Waals surface area contributed by atoms with Crippen molar-refractivity contribution < 1.29 is 18.2 Å². The Balaban J connectivity index is 1.22. The Morgan fingerprint density at radius 1 is 0.354 bits per heavy atom. The summed E-state index contributed by atoms with van der Waals surface area (Å²) >= 11 is 0. The Hall–Kier alpha value is -4.30. The molecule has 0 fully saturated rings. The molecule has 0 N–H and O–H groups in total. The Morgan fingerprint density at radius 3 is 0.833 bits per heavy atom. The second-order valence-corrected chi connectivity index (χ2v) is 17.4. The van der Waals surface area contributed by atoms with Crippen molar-refractivity contribution in [2.45, 2.75) is 11.8 Å².